The number of benzene rings is 1. The van der Waals surface area contributed by atoms with Crippen LogP contribution in [0.5, 0.6) is 5.75 Å². The van der Waals surface area contributed by atoms with E-state index in [2.05, 4.69) is 54.2 Å². The summed E-state index contributed by atoms with van der Waals surface area (Å²) in [5, 5.41) is 3.76. The van der Waals surface area contributed by atoms with E-state index in [1.165, 1.54) is 28.4 Å². The van der Waals surface area contributed by atoms with E-state index >= 15 is 0 Å². The highest BCUT2D eigenvalue weighted by molar-refractivity contribution is 9.10. The van der Waals surface area contributed by atoms with Gasteiger partial charge in [0.05, 0.1) is 6.61 Å². The Kier molecular flexibility index (Phi) is 3.85. The predicted molar refractivity (Wildman–Crippen MR) is 86.3 cm³/mol. The van der Waals surface area contributed by atoms with Crippen LogP contribution in [0, 0.1) is 11.3 Å². The molecule has 1 heterocycles. The van der Waals surface area contributed by atoms with Gasteiger partial charge < -0.3 is 10.1 Å². The molecule has 0 spiro atoms. The number of hydrogen-bond donors (Lipinski definition) is 1. The monoisotopic (exact) mass is 337 g/mol. The predicted octanol–water partition coefficient (Wildman–Crippen LogP) is 4.47. The summed E-state index contributed by atoms with van der Waals surface area (Å²) < 4.78 is 7.11. The van der Waals surface area contributed by atoms with Crippen molar-refractivity contribution in [3.05, 3.63) is 27.7 Å². The molecule has 2 atom stereocenters. The minimum atomic E-state index is 0.425. The van der Waals surface area contributed by atoms with Gasteiger partial charge in [0.1, 0.15) is 5.75 Å². The van der Waals surface area contributed by atoms with Gasteiger partial charge in [-0.3, -0.25) is 0 Å². The quantitative estimate of drug-likeness (QED) is 0.855. The molecule has 2 nitrogen and oxygen atoms in total. The number of ether oxygens (including phenoxy) is 1. The zero-order valence-corrected chi connectivity index (χ0v) is 14.2. The Morgan fingerprint density at radius 2 is 2.20 bits per heavy atom. The zero-order chi connectivity index (χ0) is 14.3. The van der Waals surface area contributed by atoms with E-state index in [1.54, 1.807) is 0 Å². The van der Waals surface area contributed by atoms with Gasteiger partial charge in [0.2, 0.25) is 0 Å². The van der Waals surface area contributed by atoms with Gasteiger partial charge in [0.15, 0.2) is 0 Å². The lowest BCUT2D eigenvalue weighted by Crippen LogP contribution is -2.26. The molecule has 3 heteroatoms. The van der Waals surface area contributed by atoms with Crippen LogP contribution in [0.4, 0.5) is 0 Å². The first kappa shape index (κ1) is 14.4. The first-order chi connectivity index (χ1) is 9.53. The van der Waals surface area contributed by atoms with Crippen LogP contribution < -0.4 is 10.1 Å². The minimum absolute atomic E-state index is 0.425. The molecule has 0 aromatic heterocycles. The van der Waals surface area contributed by atoms with Crippen molar-refractivity contribution in [3.8, 4) is 5.75 Å². The van der Waals surface area contributed by atoms with Gasteiger partial charge >= 0.3 is 0 Å². The Morgan fingerprint density at radius 3 is 2.85 bits per heavy atom. The average Bonchev–Trinajstić information content (AvgIpc) is 2.83. The molecule has 1 aliphatic carbocycles. The highest BCUT2D eigenvalue weighted by Gasteiger charge is 2.51. The lowest BCUT2D eigenvalue weighted by Gasteiger charge is -2.23. The maximum atomic E-state index is 5.93. The SMILES string of the molecule is CCCNC(c1cc(Br)cc2c1OCC2)C1CC1(C)C. The van der Waals surface area contributed by atoms with Crippen LogP contribution in [0.25, 0.3) is 0 Å². The molecule has 1 aliphatic heterocycles. The van der Waals surface area contributed by atoms with Crippen LogP contribution in [0.15, 0.2) is 16.6 Å². The fourth-order valence-electron chi connectivity index (χ4n) is 3.37. The Hall–Kier alpha value is -0.540. The van der Waals surface area contributed by atoms with Gasteiger partial charge in [-0.15, -0.1) is 0 Å². The normalized spacial score (nSPS) is 24.1. The molecule has 3 rings (SSSR count). The van der Waals surface area contributed by atoms with Crippen LogP contribution in [0.1, 0.15) is 50.8 Å². The third-order valence-electron chi connectivity index (χ3n) is 4.72. The van der Waals surface area contributed by atoms with E-state index in [4.69, 9.17) is 4.74 Å². The van der Waals surface area contributed by atoms with E-state index in [0.29, 0.717) is 11.5 Å². The Bertz CT molecular complexity index is 512. The summed E-state index contributed by atoms with van der Waals surface area (Å²) >= 11 is 3.67. The number of rotatable bonds is 5. The summed E-state index contributed by atoms with van der Waals surface area (Å²) in [7, 11) is 0. The van der Waals surface area contributed by atoms with Crippen LogP contribution in [0.2, 0.25) is 0 Å². The van der Waals surface area contributed by atoms with Gasteiger partial charge in [-0.1, -0.05) is 36.7 Å². The largest absolute Gasteiger partial charge is 0.493 e. The summed E-state index contributed by atoms with van der Waals surface area (Å²) in [6.45, 7) is 8.87. The Morgan fingerprint density at radius 1 is 1.45 bits per heavy atom. The maximum absolute atomic E-state index is 5.93. The van der Waals surface area contributed by atoms with Crippen LogP contribution in [-0.4, -0.2) is 13.2 Å². The third-order valence-corrected chi connectivity index (χ3v) is 5.18. The second-order valence-corrected chi connectivity index (χ2v) is 7.73. The molecule has 0 radical (unpaired) electrons. The molecule has 0 saturated heterocycles. The third kappa shape index (κ3) is 2.62. The fraction of sp³-hybridized carbons (Fsp3) is 0.647. The Balaban J connectivity index is 1.95. The summed E-state index contributed by atoms with van der Waals surface area (Å²) in [4.78, 5) is 0. The molecule has 1 fully saturated rings. The molecule has 2 unspecified atom stereocenters. The molecule has 1 saturated carbocycles. The van der Waals surface area contributed by atoms with E-state index in [1.807, 2.05) is 0 Å². The molecule has 1 N–H and O–H groups in total. The van der Waals surface area contributed by atoms with Crippen molar-refractivity contribution in [2.75, 3.05) is 13.2 Å². The zero-order valence-electron chi connectivity index (χ0n) is 12.6. The number of hydrogen-bond acceptors (Lipinski definition) is 2. The fourth-order valence-corrected chi connectivity index (χ4v) is 3.90. The van der Waals surface area contributed by atoms with Gasteiger partial charge in [0, 0.05) is 22.5 Å². The second kappa shape index (κ2) is 5.34. The van der Waals surface area contributed by atoms with Crippen LogP contribution in [0.3, 0.4) is 0 Å². The first-order valence-electron chi connectivity index (χ1n) is 7.71. The van der Waals surface area contributed by atoms with E-state index < -0.39 is 0 Å². The summed E-state index contributed by atoms with van der Waals surface area (Å²) in [5.74, 6) is 1.86. The molecule has 110 valence electrons. The molecule has 2 aliphatic rings. The van der Waals surface area contributed by atoms with Crippen LogP contribution in [-0.2, 0) is 6.42 Å². The van der Waals surface area contributed by atoms with Gasteiger partial charge in [-0.05, 0) is 48.4 Å². The van der Waals surface area contributed by atoms with Crippen molar-refractivity contribution in [2.24, 2.45) is 11.3 Å². The Labute approximate surface area is 130 Å². The molecular formula is C17H24BrNO. The number of fused-ring (bicyclic) bond motifs is 1. The second-order valence-electron chi connectivity index (χ2n) is 6.81. The summed E-state index contributed by atoms with van der Waals surface area (Å²) in [6.07, 6.45) is 3.51. The highest BCUT2D eigenvalue weighted by Crippen LogP contribution is 2.59. The summed E-state index contributed by atoms with van der Waals surface area (Å²) in [6, 6.07) is 4.89. The van der Waals surface area contributed by atoms with E-state index in [-0.39, 0.29) is 0 Å². The number of halogens is 1. The van der Waals surface area contributed by atoms with Crippen LogP contribution >= 0.6 is 15.9 Å². The van der Waals surface area contributed by atoms with Gasteiger partial charge in [-0.2, -0.15) is 0 Å². The minimum Gasteiger partial charge on any atom is -0.493 e. The topological polar surface area (TPSA) is 21.3 Å². The van der Waals surface area contributed by atoms with Crippen molar-refractivity contribution < 1.29 is 4.74 Å². The van der Waals surface area contributed by atoms with Crippen molar-refractivity contribution in [1.82, 2.24) is 5.32 Å². The average molecular weight is 338 g/mol. The lowest BCUT2D eigenvalue weighted by molar-refractivity contribution is 0.339. The van der Waals surface area contributed by atoms with Gasteiger partial charge in [-0.25, -0.2) is 0 Å². The van der Waals surface area contributed by atoms with Crippen molar-refractivity contribution in [3.63, 3.8) is 0 Å². The van der Waals surface area contributed by atoms with Crippen molar-refractivity contribution in [1.29, 1.82) is 0 Å². The lowest BCUT2D eigenvalue weighted by atomic mass is 9.94. The standard InChI is InChI=1S/C17H24BrNO/c1-4-6-19-15(14-10-17(14,2)3)13-9-12(18)8-11-5-7-20-16(11)13/h8-9,14-15,19H,4-7,10H2,1-3H3. The number of nitrogens with one attached hydrogen (secondary N) is 1. The molecule has 1 aromatic rings. The highest BCUT2D eigenvalue weighted by atomic mass is 79.9. The van der Waals surface area contributed by atoms with E-state index in [0.717, 1.165) is 31.2 Å². The summed E-state index contributed by atoms with van der Waals surface area (Å²) in [5.41, 5.74) is 3.17. The van der Waals surface area contributed by atoms with Gasteiger partial charge in [0.25, 0.3) is 0 Å². The smallest absolute Gasteiger partial charge is 0.127 e. The molecule has 20 heavy (non-hydrogen) atoms. The molecular weight excluding hydrogens is 314 g/mol. The molecule has 0 bridgehead atoms. The maximum Gasteiger partial charge on any atom is 0.127 e. The molecule has 1 aromatic carbocycles. The van der Waals surface area contributed by atoms with Crippen molar-refractivity contribution >= 4 is 15.9 Å². The van der Waals surface area contributed by atoms with Crippen molar-refractivity contribution in [2.45, 2.75) is 46.1 Å². The van der Waals surface area contributed by atoms with E-state index in [9.17, 15) is 0 Å². The molecule has 0 amide bonds. The first-order valence-corrected chi connectivity index (χ1v) is 8.50.